The Morgan fingerprint density at radius 3 is 2.90 bits per heavy atom. The molecule has 0 bridgehead atoms. The van der Waals surface area contributed by atoms with Gasteiger partial charge in [0.1, 0.15) is 0 Å². The fraction of sp³-hybridized carbons (Fsp3) is 0.438. The average molecular weight is 303 g/mol. The van der Waals surface area contributed by atoms with Gasteiger partial charge in [-0.1, -0.05) is 18.2 Å². The van der Waals surface area contributed by atoms with Crippen LogP contribution in [0.5, 0.6) is 0 Å². The number of nitrogens with two attached hydrogens (primary N) is 1. The van der Waals surface area contributed by atoms with E-state index in [0.717, 1.165) is 19.4 Å². The number of hydrogen-bond acceptors (Lipinski definition) is 3. The van der Waals surface area contributed by atoms with Gasteiger partial charge in [-0.05, 0) is 25.8 Å². The number of amides is 1. The zero-order valence-electron chi connectivity index (χ0n) is 12.2. The molecule has 1 aliphatic carbocycles. The summed E-state index contributed by atoms with van der Waals surface area (Å²) in [6.07, 6.45) is 4.16. The normalized spacial score (nSPS) is 21.2. The molecule has 0 aliphatic heterocycles. The van der Waals surface area contributed by atoms with Gasteiger partial charge in [-0.15, -0.1) is 11.8 Å². The van der Waals surface area contributed by atoms with Gasteiger partial charge in [-0.2, -0.15) is 0 Å². The highest BCUT2D eigenvalue weighted by atomic mass is 32.2. The van der Waals surface area contributed by atoms with Crippen LogP contribution in [-0.4, -0.2) is 28.3 Å². The largest absolute Gasteiger partial charge is 0.351 e. The Hall–Kier alpha value is -1.46. The molecule has 3 rings (SSSR count). The molecule has 1 saturated carbocycles. The highest BCUT2D eigenvalue weighted by Gasteiger charge is 2.28. The summed E-state index contributed by atoms with van der Waals surface area (Å²) in [6, 6.07) is 8.64. The number of rotatable bonds is 5. The summed E-state index contributed by atoms with van der Waals surface area (Å²) < 4.78 is 2.22. The lowest BCUT2D eigenvalue weighted by Gasteiger charge is -2.34. The van der Waals surface area contributed by atoms with Crippen molar-refractivity contribution in [2.45, 2.75) is 43.3 Å². The molecule has 1 aromatic heterocycles. The first-order chi connectivity index (χ1) is 10.2. The van der Waals surface area contributed by atoms with E-state index in [4.69, 9.17) is 5.73 Å². The fourth-order valence-corrected chi connectivity index (χ4v) is 3.59. The third-order valence-corrected chi connectivity index (χ3v) is 5.17. The van der Waals surface area contributed by atoms with E-state index in [-0.39, 0.29) is 18.0 Å². The minimum atomic E-state index is 0.0773. The Balaban J connectivity index is 1.66. The molecule has 0 radical (unpaired) electrons. The lowest BCUT2D eigenvalue weighted by molar-refractivity contribution is -0.119. The molecule has 0 unspecified atom stereocenters. The molecular weight excluding hydrogens is 282 g/mol. The monoisotopic (exact) mass is 303 g/mol. The quantitative estimate of drug-likeness (QED) is 0.834. The van der Waals surface area contributed by atoms with E-state index >= 15 is 0 Å². The van der Waals surface area contributed by atoms with Crippen molar-refractivity contribution in [1.82, 2.24) is 9.88 Å². The second-order valence-electron chi connectivity index (χ2n) is 5.50. The van der Waals surface area contributed by atoms with Crippen molar-refractivity contribution >= 4 is 28.6 Å². The summed E-state index contributed by atoms with van der Waals surface area (Å²) in [4.78, 5) is 13.2. The van der Waals surface area contributed by atoms with Gasteiger partial charge in [0.05, 0.1) is 5.75 Å². The summed E-state index contributed by atoms with van der Waals surface area (Å²) in [5, 5.41) is 4.23. The van der Waals surface area contributed by atoms with E-state index in [1.165, 1.54) is 15.8 Å². The second kappa shape index (κ2) is 6.12. The molecule has 1 aromatic carbocycles. The van der Waals surface area contributed by atoms with Gasteiger partial charge in [0.2, 0.25) is 5.91 Å². The Bertz CT molecular complexity index is 652. The lowest BCUT2D eigenvalue weighted by Crippen LogP contribution is -2.55. The molecule has 0 spiro atoms. The van der Waals surface area contributed by atoms with Gasteiger partial charge in [0.25, 0.3) is 0 Å². The summed E-state index contributed by atoms with van der Waals surface area (Å²) in [6.45, 7) is 3.07. The number of nitrogens with one attached hydrogen (secondary N) is 1. The number of carbonyl (C=O) groups excluding carboxylic acids is 1. The van der Waals surface area contributed by atoms with Crippen molar-refractivity contribution in [2.75, 3.05) is 5.75 Å². The van der Waals surface area contributed by atoms with Gasteiger partial charge in [0, 0.05) is 40.6 Å². The number of hydrogen-bond donors (Lipinski definition) is 2. The van der Waals surface area contributed by atoms with Crippen LogP contribution in [0.3, 0.4) is 0 Å². The standard InChI is InChI=1S/C16H21N3OS/c1-2-19-9-15(11-5-3-4-6-14(11)19)21-10-16(20)18-13-8-7-12(13)17/h3-6,9,12-13H,2,7-8,10,17H2,1H3,(H,18,20)/t12-,13+/m1/s1. The van der Waals surface area contributed by atoms with E-state index in [1.807, 2.05) is 12.1 Å². The number of benzene rings is 1. The molecule has 5 heteroatoms. The molecular formula is C16H21N3OS. The zero-order valence-corrected chi connectivity index (χ0v) is 13.0. The van der Waals surface area contributed by atoms with Crippen molar-refractivity contribution < 1.29 is 4.79 Å². The maximum atomic E-state index is 12.0. The smallest absolute Gasteiger partial charge is 0.230 e. The number of fused-ring (bicyclic) bond motifs is 1. The maximum Gasteiger partial charge on any atom is 0.230 e. The molecule has 2 aromatic rings. The Kier molecular flexibility index (Phi) is 4.22. The van der Waals surface area contributed by atoms with E-state index < -0.39 is 0 Å². The lowest BCUT2D eigenvalue weighted by atomic mass is 9.87. The van der Waals surface area contributed by atoms with Gasteiger partial charge in [-0.25, -0.2) is 0 Å². The third kappa shape index (κ3) is 2.94. The summed E-state index contributed by atoms with van der Waals surface area (Å²) >= 11 is 1.60. The number of nitrogens with zero attached hydrogens (tertiary/aromatic N) is 1. The van der Waals surface area contributed by atoms with Crippen LogP contribution in [-0.2, 0) is 11.3 Å². The summed E-state index contributed by atoms with van der Waals surface area (Å²) in [5.41, 5.74) is 7.08. The topological polar surface area (TPSA) is 60.0 Å². The molecule has 1 amide bonds. The van der Waals surface area contributed by atoms with Crippen LogP contribution in [0.2, 0.25) is 0 Å². The van der Waals surface area contributed by atoms with Crippen molar-refractivity contribution in [3.8, 4) is 0 Å². The molecule has 1 heterocycles. The Morgan fingerprint density at radius 1 is 1.43 bits per heavy atom. The maximum absolute atomic E-state index is 12.0. The first-order valence-corrected chi connectivity index (χ1v) is 8.43. The van der Waals surface area contributed by atoms with Gasteiger partial charge < -0.3 is 15.6 Å². The summed E-state index contributed by atoms with van der Waals surface area (Å²) in [7, 11) is 0. The van der Waals surface area contributed by atoms with E-state index in [1.54, 1.807) is 11.8 Å². The highest BCUT2D eigenvalue weighted by molar-refractivity contribution is 8.00. The highest BCUT2D eigenvalue weighted by Crippen LogP contribution is 2.30. The van der Waals surface area contributed by atoms with Crippen molar-refractivity contribution in [3.63, 3.8) is 0 Å². The van der Waals surface area contributed by atoms with E-state index in [9.17, 15) is 4.79 Å². The molecule has 2 atom stereocenters. The number of thioether (sulfide) groups is 1. The molecule has 112 valence electrons. The first-order valence-electron chi connectivity index (χ1n) is 7.44. The molecule has 4 nitrogen and oxygen atoms in total. The van der Waals surface area contributed by atoms with Crippen molar-refractivity contribution in [2.24, 2.45) is 5.73 Å². The van der Waals surface area contributed by atoms with E-state index in [0.29, 0.717) is 5.75 Å². The first kappa shape index (κ1) is 14.5. The zero-order chi connectivity index (χ0) is 14.8. The van der Waals surface area contributed by atoms with Crippen LogP contribution < -0.4 is 11.1 Å². The van der Waals surface area contributed by atoms with Crippen LogP contribution in [0.1, 0.15) is 19.8 Å². The number of aromatic nitrogens is 1. The predicted molar refractivity (Wildman–Crippen MR) is 87.5 cm³/mol. The molecule has 3 N–H and O–H groups in total. The second-order valence-corrected chi connectivity index (χ2v) is 6.52. The van der Waals surface area contributed by atoms with Gasteiger partial charge in [-0.3, -0.25) is 4.79 Å². The Labute approximate surface area is 129 Å². The van der Waals surface area contributed by atoms with E-state index in [2.05, 4.69) is 35.1 Å². The van der Waals surface area contributed by atoms with Crippen LogP contribution in [0.25, 0.3) is 10.9 Å². The number of aryl methyl sites for hydroxylation is 1. The number of para-hydroxylation sites is 1. The fourth-order valence-electron chi connectivity index (χ4n) is 2.69. The van der Waals surface area contributed by atoms with Crippen molar-refractivity contribution in [1.29, 1.82) is 0 Å². The minimum Gasteiger partial charge on any atom is -0.351 e. The minimum absolute atomic E-state index is 0.0773. The van der Waals surface area contributed by atoms with Crippen LogP contribution in [0.15, 0.2) is 35.4 Å². The molecule has 0 saturated heterocycles. The predicted octanol–water partition coefficient (Wildman–Crippen LogP) is 2.36. The Morgan fingerprint density at radius 2 is 2.24 bits per heavy atom. The van der Waals surface area contributed by atoms with Gasteiger partial charge >= 0.3 is 0 Å². The van der Waals surface area contributed by atoms with Gasteiger partial charge in [0.15, 0.2) is 0 Å². The van der Waals surface area contributed by atoms with Crippen LogP contribution in [0, 0.1) is 0 Å². The third-order valence-electron chi connectivity index (χ3n) is 4.13. The SMILES string of the molecule is CCn1cc(SCC(=O)N[C@H]2CC[C@H]2N)c2ccccc21. The molecule has 1 aliphatic rings. The van der Waals surface area contributed by atoms with Crippen LogP contribution >= 0.6 is 11.8 Å². The van der Waals surface area contributed by atoms with Crippen LogP contribution in [0.4, 0.5) is 0 Å². The number of carbonyl (C=O) groups is 1. The molecule has 21 heavy (non-hydrogen) atoms. The average Bonchev–Trinajstić information content (AvgIpc) is 2.87. The van der Waals surface area contributed by atoms with Crippen molar-refractivity contribution in [3.05, 3.63) is 30.5 Å². The summed E-state index contributed by atoms with van der Waals surface area (Å²) in [5.74, 6) is 0.523. The molecule has 1 fully saturated rings.